The summed E-state index contributed by atoms with van der Waals surface area (Å²) in [6, 6.07) is 0. The molecule has 0 aromatic rings. The highest BCUT2D eigenvalue weighted by molar-refractivity contribution is 4.83. The van der Waals surface area contributed by atoms with E-state index >= 15 is 0 Å². The van der Waals surface area contributed by atoms with E-state index in [1.807, 2.05) is 6.92 Å². The highest BCUT2D eigenvalue weighted by Crippen LogP contribution is 2.22. The van der Waals surface area contributed by atoms with Crippen molar-refractivity contribution in [2.45, 2.75) is 18.9 Å². The Bertz CT molecular complexity index is 131. The molecule has 0 radical (unpaired) electrons. The Morgan fingerprint density at radius 2 is 2.36 bits per heavy atom. The average Bonchev–Trinajstić information content (AvgIpc) is 2.28. The van der Waals surface area contributed by atoms with E-state index in [0.717, 1.165) is 6.42 Å². The molecule has 1 aliphatic rings. The minimum absolute atomic E-state index is 0.231. The normalized spacial score (nSPS) is 33.0. The summed E-state index contributed by atoms with van der Waals surface area (Å²) in [6.45, 7) is 3.52. The lowest BCUT2D eigenvalue weighted by Crippen LogP contribution is -2.32. The number of nitrogens with zero attached hydrogens (tertiary/aromatic N) is 1. The summed E-state index contributed by atoms with van der Waals surface area (Å²) in [7, 11) is 1.59. The molecular weight excluding hydrogens is 146 g/mol. The molecule has 4 nitrogen and oxygen atoms in total. The molecule has 0 aromatic carbocycles. The number of hydrogen-bond donors (Lipinski definition) is 1. The van der Waals surface area contributed by atoms with Crippen molar-refractivity contribution in [2.75, 3.05) is 27.0 Å². The van der Waals surface area contributed by atoms with Crippen LogP contribution in [0.2, 0.25) is 0 Å². The van der Waals surface area contributed by atoms with Crippen molar-refractivity contribution in [3.8, 4) is 0 Å². The lowest BCUT2D eigenvalue weighted by molar-refractivity contribution is -0.140. The van der Waals surface area contributed by atoms with Gasteiger partial charge in [0.2, 0.25) is 0 Å². The van der Waals surface area contributed by atoms with E-state index in [2.05, 4.69) is 0 Å². The van der Waals surface area contributed by atoms with Gasteiger partial charge < -0.3 is 14.7 Å². The molecule has 1 saturated heterocycles. The quantitative estimate of drug-likeness (QED) is 0.611. The van der Waals surface area contributed by atoms with Crippen molar-refractivity contribution in [3.63, 3.8) is 0 Å². The number of methoxy groups -OCH3 is 1. The van der Waals surface area contributed by atoms with E-state index in [0.29, 0.717) is 19.9 Å². The number of hydrogen-bond acceptors (Lipinski definition) is 4. The van der Waals surface area contributed by atoms with E-state index in [4.69, 9.17) is 14.7 Å². The van der Waals surface area contributed by atoms with Gasteiger partial charge in [-0.05, 0) is 13.3 Å². The Kier molecular flexibility index (Phi) is 2.84. The maximum atomic E-state index is 9.08. The topological polar surface area (TPSA) is 41.9 Å². The van der Waals surface area contributed by atoms with E-state index in [9.17, 15) is 0 Å². The number of rotatable bonds is 3. The third-order valence-electron chi connectivity index (χ3n) is 1.94. The standard InChI is InChI=1S/C7H15NO3/c1-7(11-6-10-2)3-4-8(9)5-7/h9H,3-6H2,1-2H3/t7-/m1/s1. The lowest BCUT2D eigenvalue weighted by atomic mass is 10.1. The van der Waals surface area contributed by atoms with Gasteiger partial charge in [0, 0.05) is 13.7 Å². The second-order valence-corrected chi connectivity index (χ2v) is 3.14. The molecule has 11 heavy (non-hydrogen) atoms. The van der Waals surface area contributed by atoms with Gasteiger partial charge in [-0.2, -0.15) is 5.06 Å². The zero-order chi connectivity index (χ0) is 8.32. The second-order valence-electron chi connectivity index (χ2n) is 3.14. The van der Waals surface area contributed by atoms with Gasteiger partial charge in [-0.15, -0.1) is 0 Å². The molecule has 4 heteroatoms. The predicted octanol–water partition coefficient (Wildman–Crippen LogP) is 0.461. The van der Waals surface area contributed by atoms with Crippen LogP contribution in [0.3, 0.4) is 0 Å². The minimum atomic E-state index is -0.231. The number of ether oxygens (including phenoxy) is 2. The fraction of sp³-hybridized carbons (Fsp3) is 1.00. The molecule has 0 amide bonds. The zero-order valence-electron chi connectivity index (χ0n) is 7.04. The van der Waals surface area contributed by atoms with Crippen LogP contribution in [0.25, 0.3) is 0 Å². The molecule has 0 aliphatic carbocycles. The molecule has 1 rings (SSSR count). The Labute approximate surface area is 66.7 Å². The van der Waals surface area contributed by atoms with Gasteiger partial charge in [-0.1, -0.05) is 0 Å². The van der Waals surface area contributed by atoms with Crippen LogP contribution in [0.15, 0.2) is 0 Å². The van der Waals surface area contributed by atoms with Gasteiger partial charge in [-0.25, -0.2) is 0 Å². The van der Waals surface area contributed by atoms with Crippen LogP contribution in [0.5, 0.6) is 0 Å². The smallest absolute Gasteiger partial charge is 0.147 e. The second kappa shape index (κ2) is 3.49. The van der Waals surface area contributed by atoms with Gasteiger partial charge >= 0.3 is 0 Å². The van der Waals surface area contributed by atoms with Crippen molar-refractivity contribution in [3.05, 3.63) is 0 Å². The first-order valence-electron chi connectivity index (χ1n) is 3.73. The molecule has 0 bridgehead atoms. The van der Waals surface area contributed by atoms with Crippen molar-refractivity contribution in [2.24, 2.45) is 0 Å². The third-order valence-corrected chi connectivity index (χ3v) is 1.94. The summed E-state index contributed by atoms with van der Waals surface area (Å²) in [4.78, 5) is 0. The summed E-state index contributed by atoms with van der Waals surface area (Å²) < 4.78 is 10.2. The first-order valence-corrected chi connectivity index (χ1v) is 3.73. The van der Waals surface area contributed by atoms with Crippen LogP contribution in [0, 0.1) is 0 Å². The summed E-state index contributed by atoms with van der Waals surface area (Å²) in [6.07, 6.45) is 0.854. The summed E-state index contributed by atoms with van der Waals surface area (Å²) in [5.41, 5.74) is -0.231. The third kappa shape index (κ3) is 2.41. The minimum Gasteiger partial charge on any atom is -0.359 e. The monoisotopic (exact) mass is 161 g/mol. The molecule has 1 atom stereocenters. The summed E-state index contributed by atoms with van der Waals surface area (Å²) >= 11 is 0. The molecule has 0 unspecified atom stereocenters. The van der Waals surface area contributed by atoms with E-state index in [-0.39, 0.29) is 5.60 Å². The van der Waals surface area contributed by atoms with Gasteiger partial charge in [-0.3, -0.25) is 0 Å². The van der Waals surface area contributed by atoms with E-state index in [1.54, 1.807) is 7.11 Å². The molecular formula is C7H15NO3. The Hall–Kier alpha value is -0.160. The van der Waals surface area contributed by atoms with Crippen molar-refractivity contribution in [1.29, 1.82) is 0 Å². The zero-order valence-corrected chi connectivity index (χ0v) is 7.04. The van der Waals surface area contributed by atoms with E-state index < -0.39 is 0 Å². The lowest BCUT2D eigenvalue weighted by Gasteiger charge is -2.22. The first-order chi connectivity index (χ1) is 5.16. The largest absolute Gasteiger partial charge is 0.359 e. The summed E-state index contributed by atoms with van der Waals surface area (Å²) in [5.74, 6) is 0. The van der Waals surface area contributed by atoms with Crippen LogP contribution in [0.4, 0.5) is 0 Å². The van der Waals surface area contributed by atoms with Gasteiger partial charge in [0.15, 0.2) is 0 Å². The van der Waals surface area contributed by atoms with Gasteiger partial charge in [0.25, 0.3) is 0 Å². The molecule has 1 heterocycles. The molecule has 0 aromatic heterocycles. The van der Waals surface area contributed by atoms with Crippen LogP contribution in [-0.4, -0.2) is 42.9 Å². The average molecular weight is 161 g/mol. The van der Waals surface area contributed by atoms with Crippen molar-refractivity contribution in [1.82, 2.24) is 5.06 Å². The molecule has 1 aliphatic heterocycles. The van der Waals surface area contributed by atoms with E-state index in [1.165, 1.54) is 5.06 Å². The SMILES string of the molecule is COCO[C@]1(C)CCN(O)C1. The highest BCUT2D eigenvalue weighted by atomic mass is 16.7. The Morgan fingerprint density at radius 3 is 2.82 bits per heavy atom. The molecule has 66 valence electrons. The molecule has 1 N–H and O–H groups in total. The van der Waals surface area contributed by atoms with Crippen LogP contribution in [-0.2, 0) is 9.47 Å². The fourth-order valence-electron chi connectivity index (χ4n) is 1.23. The predicted molar refractivity (Wildman–Crippen MR) is 39.3 cm³/mol. The Morgan fingerprint density at radius 1 is 1.64 bits per heavy atom. The Balaban J connectivity index is 2.29. The maximum Gasteiger partial charge on any atom is 0.147 e. The fourth-order valence-corrected chi connectivity index (χ4v) is 1.23. The maximum absolute atomic E-state index is 9.08. The van der Waals surface area contributed by atoms with Gasteiger partial charge in [0.1, 0.15) is 6.79 Å². The van der Waals surface area contributed by atoms with Crippen LogP contribution >= 0.6 is 0 Å². The van der Waals surface area contributed by atoms with Crippen LogP contribution < -0.4 is 0 Å². The number of hydroxylamine groups is 2. The molecule has 0 spiro atoms. The van der Waals surface area contributed by atoms with Crippen LogP contribution in [0.1, 0.15) is 13.3 Å². The first kappa shape index (κ1) is 8.93. The summed E-state index contributed by atoms with van der Waals surface area (Å²) in [5, 5.41) is 10.4. The van der Waals surface area contributed by atoms with Crippen molar-refractivity contribution < 1.29 is 14.7 Å². The van der Waals surface area contributed by atoms with Gasteiger partial charge in [0.05, 0.1) is 12.1 Å². The van der Waals surface area contributed by atoms with Crippen molar-refractivity contribution >= 4 is 0 Å². The molecule has 1 fully saturated rings. The highest BCUT2D eigenvalue weighted by Gasteiger charge is 2.33. The molecule has 0 saturated carbocycles.